The molecule has 1 rings (SSSR count). The Kier molecular flexibility index (Phi) is 4.84. The van der Waals surface area contributed by atoms with Gasteiger partial charge in [0.1, 0.15) is 0 Å². The minimum Gasteiger partial charge on any atom is -0.368 e. The Bertz CT molecular complexity index is 529. The van der Waals surface area contributed by atoms with E-state index in [1.165, 1.54) is 18.4 Å². The average molecular weight is 289 g/mol. The summed E-state index contributed by atoms with van der Waals surface area (Å²) >= 11 is 0. The van der Waals surface area contributed by atoms with Crippen LogP contribution in [0, 0.1) is 0 Å². The van der Waals surface area contributed by atoms with Gasteiger partial charge in [0.15, 0.2) is 0 Å². The molecule has 0 atom stereocenters. The van der Waals surface area contributed by atoms with Crippen molar-refractivity contribution in [2.75, 3.05) is 56.4 Å². The smallest absolute Gasteiger partial charge is 0.231 e. The molecule has 0 radical (unpaired) electrons. The summed E-state index contributed by atoms with van der Waals surface area (Å²) in [6.45, 7) is 0.191. The molecule has 0 aliphatic rings. The molecule has 1 aromatic rings. The van der Waals surface area contributed by atoms with E-state index < -0.39 is 10.0 Å². The fourth-order valence-electron chi connectivity index (χ4n) is 1.13. The molecular weight excluding hydrogens is 270 g/mol. The molecule has 10 heteroatoms. The van der Waals surface area contributed by atoms with Gasteiger partial charge in [-0.15, -0.1) is 0 Å². The van der Waals surface area contributed by atoms with Crippen LogP contribution >= 0.6 is 0 Å². The first-order chi connectivity index (χ1) is 8.72. The van der Waals surface area contributed by atoms with E-state index in [1.807, 2.05) is 0 Å². The van der Waals surface area contributed by atoms with Crippen LogP contribution in [0.25, 0.3) is 0 Å². The van der Waals surface area contributed by atoms with Gasteiger partial charge >= 0.3 is 0 Å². The highest BCUT2D eigenvalue weighted by Gasteiger charge is 2.13. The van der Waals surface area contributed by atoms with Gasteiger partial charge in [0.2, 0.25) is 27.9 Å². The molecule has 0 amide bonds. The van der Waals surface area contributed by atoms with Crippen LogP contribution in [0.15, 0.2) is 0 Å². The van der Waals surface area contributed by atoms with Crippen LogP contribution in [-0.2, 0) is 10.0 Å². The molecular formula is C9H19N7O2S. The Hall–Kier alpha value is -1.68. The van der Waals surface area contributed by atoms with E-state index in [9.17, 15) is 8.42 Å². The lowest BCUT2D eigenvalue weighted by Gasteiger charge is -2.13. The van der Waals surface area contributed by atoms with Crippen molar-refractivity contribution in [1.29, 1.82) is 0 Å². The van der Waals surface area contributed by atoms with Crippen LogP contribution in [0.2, 0.25) is 0 Å². The average Bonchev–Trinajstić information content (AvgIpc) is 2.27. The quantitative estimate of drug-likeness (QED) is 0.672. The maximum atomic E-state index is 11.6. The van der Waals surface area contributed by atoms with Crippen molar-refractivity contribution in [2.24, 2.45) is 0 Å². The molecule has 108 valence electrons. The Morgan fingerprint density at radius 3 is 2.32 bits per heavy atom. The molecule has 0 saturated heterocycles. The van der Waals surface area contributed by atoms with E-state index in [1.54, 1.807) is 19.0 Å². The Balaban J connectivity index is 2.69. The molecule has 0 aromatic carbocycles. The van der Waals surface area contributed by atoms with E-state index in [2.05, 4.69) is 20.3 Å². The first-order valence-corrected chi connectivity index (χ1v) is 7.16. The third kappa shape index (κ3) is 4.48. The minimum absolute atomic E-state index is 0.0527. The topological polar surface area (TPSA) is 117 Å². The molecule has 1 heterocycles. The molecule has 19 heavy (non-hydrogen) atoms. The monoisotopic (exact) mass is 289 g/mol. The fourth-order valence-corrected chi connectivity index (χ4v) is 1.86. The zero-order valence-electron chi connectivity index (χ0n) is 11.5. The summed E-state index contributed by atoms with van der Waals surface area (Å²) < 4.78 is 24.3. The molecule has 1 aromatic heterocycles. The van der Waals surface area contributed by atoms with Gasteiger partial charge in [-0.05, 0) is 0 Å². The van der Waals surface area contributed by atoms with Gasteiger partial charge in [-0.1, -0.05) is 0 Å². The SMILES string of the molecule is CN(C)c1nc(N)nc(NCCS(=O)(=O)N(C)C)n1. The summed E-state index contributed by atoms with van der Waals surface area (Å²) in [6.07, 6.45) is 0. The van der Waals surface area contributed by atoms with Crippen LogP contribution < -0.4 is 16.0 Å². The summed E-state index contributed by atoms with van der Waals surface area (Å²) in [5.41, 5.74) is 5.55. The van der Waals surface area contributed by atoms with Gasteiger partial charge in [-0.2, -0.15) is 15.0 Å². The van der Waals surface area contributed by atoms with Gasteiger partial charge in [0, 0.05) is 34.7 Å². The largest absolute Gasteiger partial charge is 0.368 e. The van der Waals surface area contributed by atoms with Crippen molar-refractivity contribution >= 4 is 27.9 Å². The molecule has 3 N–H and O–H groups in total. The van der Waals surface area contributed by atoms with Gasteiger partial charge < -0.3 is 16.0 Å². The van der Waals surface area contributed by atoms with Crippen LogP contribution in [0.5, 0.6) is 0 Å². The van der Waals surface area contributed by atoms with Gasteiger partial charge in [0.25, 0.3) is 0 Å². The maximum absolute atomic E-state index is 11.6. The first-order valence-electron chi connectivity index (χ1n) is 5.55. The number of hydrogen-bond acceptors (Lipinski definition) is 8. The van der Waals surface area contributed by atoms with Crippen molar-refractivity contribution in [3.05, 3.63) is 0 Å². The van der Waals surface area contributed by atoms with Crippen LogP contribution in [0.4, 0.5) is 17.8 Å². The second-order valence-corrected chi connectivity index (χ2v) is 6.54. The number of aromatic nitrogens is 3. The van der Waals surface area contributed by atoms with E-state index in [0.29, 0.717) is 5.95 Å². The lowest BCUT2D eigenvalue weighted by Crippen LogP contribution is -2.29. The predicted octanol–water partition coefficient (Wildman–Crippen LogP) is -1.18. The molecule has 0 spiro atoms. The molecule has 0 aliphatic carbocycles. The maximum Gasteiger partial charge on any atom is 0.231 e. The van der Waals surface area contributed by atoms with Gasteiger partial charge in [-0.3, -0.25) is 0 Å². The van der Waals surface area contributed by atoms with Gasteiger partial charge in [0.05, 0.1) is 5.75 Å². The number of anilines is 3. The number of nitrogens with zero attached hydrogens (tertiary/aromatic N) is 5. The zero-order chi connectivity index (χ0) is 14.6. The number of hydrogen-bond donors (Lipinski definition) is 2. The highest BCUT2D eigenvalue weighted by molar-refractivity contribution is 7.89. The van der Waals surface area contributed by atoms with Crippen molar-refractivity contribution < 1.29 is 8.42 Å². The second kappa shape index (κ2) is 5.97. The van der Waals surface area contributed by atoms with E-state index >= 15 is 0 Å². The third-order valence-corrected chi connectivity index (χ3v) is 4.07. The predicted molar refractivity (Wildman–Crippen MR) is 74.5 cm³/mol. The molecule has 0 bridgehead atoms. The molecule has 0 aliphatic heterocycles. The third-order valence-electron chi connectivity index (χ3n) is 2.24. The highest BCUT2D eigenvalue weighted by atomic mass is 32.2. The summed E-state index contributed by atoms with van der Waals surface area (Å²) in [7, 11) is 3.27. The lowest BCUT2D eigenvalue weighted by molar-refractivity contribution is 0.521. The van der Waals surface area contributed by atoms with Crippen molar-refractivity contribution in [3.63, 3.8) is 0 Å². The number of sulfonamides is 1. The number of nitrogens with two attached hydrogens (primary N) is 1. The van der Waals surface area contributed by atoms with Crippen molar-refractivity contribution in [2.45, 2.75) is 0 Å². The van der Waals surface area contributed by atoms with Crippen LogP contribution in [0.1, 0.15) is 0 Å². The van der Waals surface area contributed by atoms with Crippen LogP contribution in [0.3, 0.4) is 0 Å². The zero-order valence-corrected chi connectivity index (χ0v) is 12.3. The van der Waals surface area contributed by atoms with E-state index in [4.69, 9.17) is 5.73 Å². The first kappa shape index (κ1) is 15.4. The molecule has 0 unspecified atom stereocenters. The molecule has 9 nitrogen and oxygen atoms in total. The molecule has 0 saturated carbocycles. The fraction of sp³-hybridized carbons (Fsp3) is 0.667. The summed E-state index contributed by atoms with van der Waals surface area (Å²) in [4.78, 5) is 13.6. The second-order valence-electron chi connectivity index (χ2n) is 4.24. The number of nitrogens with one attached hydrogen (secondary N) is 1. The molecule has 0 fully saturated rings. The van der Waals surface area contributed by atoms with Crippen molar-refractivity contribution in [3.8, 4) is 0 Å². The van der Waals surface area contributed by atoms with Crippen molar-refractivity contribution in [1.82, 2.24) is 19.3 Å². The number of nitrogen functional groups attached to an aromatic ring is 1. The van der Waals surface area contributed by atoms with E-state index in [-0.39, 0.29) is 24.2 Å². The normalized spacial score (nSPS) is 11.6. The summed E-state index contributed by atoms with van der Waals surface area (Å²) in [5, 5.41) is 2.82. The van der Waals surface area contributed by atoms with Gasteiger partial charge in [-0.25, -0.2) is 12.7 Å². The minimum atomic E-state index is -3.25. The van der Waals surface area contributed by atoms with Crippen LogP contribution in [-0.4, -0.2) is 68.2 Å². The Labute approximate surface area is 112 Å². The summed E-state index contributed by atoms with van der Waals surface area (Å²) in [5.74, 6) is 0.690. The summed E-state index contributed by atoms with van der Waals surface area (Å²) in [6, 6.07) is 0. The standard InChI is InChI=1S/C9H19N7O2S/c1-15(2)9-13-7(10)12-8(14-9)11-5-6-19(17,18)16(3)4/h5-6H2,1-4H3,(H3,10,11,12,13,14). The lowest BCUT2D eigenvalue weighted by atomic mass is 10.7. The Morgan fingerprint density at radius 2 is 1.79 bits per heavy atom. The van der Waals surface area contributed by atoms with E-state index in [0.717, 1.165) is 0 Å². The number of rotatable bonds is 6. The Morgan fingerprint density at radius 1 is 1.16 bits per heavy atom. The highest BCUT2D eigenvalue weighted by Crippen LogP contribution is 2.08.